The second-order valence-electron chi connectivity index (χ2n) is 6.90. The van der Waals surface area contributed by atoms with E-state index >= 15 is 0 Å². The Hall–Kier alpha value is -0.450. The SMILES string of the molecule is Cc1nc(CN2CCC(CN=C(N)N3CCOC(C)C3)CC2)cs1.I. The molecule has 2 aliphatic rings. The molecular formula is C17H30IN5OS. The summed E-state index contributed by atoms with van der Waals surface area (Å²) in [7, 11) is 0. The van der Waals surface area contributed by atoms with Crippen LogP contribution in [0, 0.1) is 12.8 Å². The second-order valence-corrected chi connectivity index (χ2v) is 7.97. The number of rotatable bonds is 4. The van der Waals surface area contributed by atoms with E-state index in [1.54, 1.807) is 11.3 Å². The summed E-state index contributed by atoms with van der Waals surface area (Å²) in [4.78, 5) is 13.9. The van der Waals surface area contributed by atoms with Crippen molar-refractivity contribution in [2.45, 2.75) is 39.3 Å². The molecule has 2 aliphatic heterocycles. The molecule has 0 amide bonds. The number of hydrogen-bond acceptors (Lipinski definition) is 5. The van der Waals surface area contributed by atoms with Gasteiger partial charge in [0.1, 0.15) is 0 Å². The molecule has 142 valence electrons. The van der Waals surface area contributed by atoms with E-state index in [0.29, 0.717) is 11.9 Å². The van der Waals surface area contributed by atoms with Gasteiger partial charge in [0.15, 0.2) is 5.96 Å². The Bertz CT molecular complexity index is 559. The Balaban J connectivity index is 0.00000225. The topological polar surface area (TPSA) is 67.0 Å². The minimum atomic E-state index is 0. The maximum Gasteiger partial charge on any atom is 0.191 e. The van der Waals surface area contributed by atoms with E-state index in [2.05, 4.69) is 39.0 Å². The molecule has 0 aliphatic carbocycles. The van der Waals surface area contributed by atoms with E-state index in [-0.39, 0.29) is 30.1 Å². The van der Waals surface area contributed by atoms with Gasteiger partial charge in [-0.25, -0.2) is 4.98 Å². The normalized spacial score (nSPS) is 23.5. The third-order valence-corrected chi connectivity index (χ3v) is 5.66. The van der Waals surface area contributed by atoms with Crippen LogP contribution in [0.15, 0.2) is 10.4 Å². The van der Waals surface area contributed by atoms with Crippen LogP contribution in [0.5, 0.6) is 0 Å². The number of halogens is 1. The Morgan fingerprint density at radius 1 is 1.40 bits per heavy atom. The van der Waals surface area contributed by atoms with Crippen molar-refractivity contribution in [3.63, 3.8) is 0 Å². The summed E-state index contributed by atoms with van der Waals surface area (Å²) >= 11 is 1.74. The molecule has 6 nitrogen and oxygen atoms in total. The molecule has 1 unspecified atom stereocenters. The van der Waals surface area contributed by atoms with E-state index in [4.69, 9.17) is 10.5 Å². The third-order valence-electron chi connectivity index (χ3n) is 4.84. The molecule has 1 atom stereocenters. The molecular weight excluding hydrogens is 449 g/mol. The maximum absolute atomic E-state index is 6.16. The molecule has 25 heavy (non-hydrogen) atoms. The first kappa shape index (κ1) is 20.9. The summed E-state index contributed by atoms with van der Waals surface area (Å²) in [6.07, 6.45) is 2.63. The fraction of sp³-hybridized carbons (Fsp3) is 0.765. The predicted octanol–water partition coefficient (Wildman–Crippen LogP) is 2.32. The molecule has 0 bridgehead atoms. The van der Waals surface area contributed by atoms with Crippen molar-refractivity contribution < 1.29 is 4.74 Å². The van der Waals surface area contributed by atoms with Crippen molar-refractivity contribution in [3.8, 4) is 0 Å². The summed E-state index contributed by atoms with van der Waals surface area (Å²) in [5, 5.41) is 3.33. The molecule has 3 heterocycles. The number of ether oxygens (including phenoxy) is 1. The number of nitrogens with zero attached hydrogens (tertiary/aromatic N) is 4. The number of aryl methyl sites for hydroxylation is 1. The number of guanidine groups is 1. The fourth-order valence-corrected chi connectivity index (χ4v) is 3.99. The molecule has 2 N–H and O–H groups in total. The van der Waals surface area contributed by atoms with E-state index in [0.717, 1.165) is 50.9 Å². The second kappa shape index (κ2) is 10.0. The van der Waals surface area contributed by atoms with Crippen LogP contribution in [0.2, 0.25) is 0 Å². The van der Waals surface area contributed by atoms with Crippen LogP contribution in [-0.4, -0.2) is 66.2 Å². The van der Waals surface area contributed by atoms with Crippen molar-refractivity contribution in [1.29, 1.82) is 0 Å². The molecule has 0 radical (unpaired) electrons. The van der Waals surface area contributed by atoms with Gasteiger partial charge < -0.3 is 15.4 Å². The molecule has 0 spiro atoms. The third kappa shape index (κ3) is 6.33. The summed E-state index contributed by atoms with van der Waals surface area (Å²) < 4.78 is 5.55. The van der Waals surface area contributed by atoms with Crippen LogP contribution >= 0.6 is 35.3 Å². The van der Waals surface area contributed by atoms with Gasteiger partial charge in [-0.3, -0.25) is 9.89 Å². The van der Waals surface area contributed by atoms with Gasteiger partial charge in [0.05, 0.1) is 23.4 Å². The quantitative estimate of drug-likeness (QED) is 0.408. The lowest BCUT2D eigenvalue weighted by Gasteiger charge is -2.33. The lowest BCUT2D eigenvalue weighted by Crippen LogP contribution is -2.48. The molecule has 1 aromatic rings. The Morgan fingerprint density at radius 3 is 2.80 bits per heavy atom. The summed E-state index contributed by atoms with van der Waals surface area (Å²) in [6, 6.07) is 0. The van der Waals surface area contributed by atoms with Gasteiger partial charge in [0, 0.05) is 31.6 Å². The predicted molar refractivity (Wildman–Crippen MR) is 114 cm³/mol. The molecule has 8 heteroatoms. The molecule has 2 saturated heterocycles. The standard InChI is InChI=1S/C17H29N5OS.HI/c1-13-10-22(7-8-23-13)17(18)19-9-15-3-5-21(6-4-15)11-16-12-24-14(2)20-16;/h12-13,15H,3-11H2,1-2H3,(H2,18,19);1H. The van der Waals surface area contributed by atoms with Crippen LogP contribution in [0.1, 0.15) is 30.5 Å². The van der Waals surface area contributed by atoms with Crippen molar-refractivity contribution in [2.24, 2.45) is 16.6 Å². The van der Waals surface area contributed by atoms with Gasteiger partial charge in [-0.05, 0) is 45.7 Å². The minimum absolute atomic E-state index is 0. The number of hydrogen-bond donors (Lipinski definition) is 1. The van der Waals surface area contributed by atoms with Crippen LogP contribution in [0.25, 0.3) is 0 Å². The number of aliphatic imine (C=N–C) groups is 1. The first-order chi connectivity index (χ1) is 11.6. The largest absolute Gasteiger partial charge is 0.375 e. The fourth-order valence-electron chi connectivity index (χ4n) is 3.39. The van der Waals surface area contributed by atoms with Gasteiger partial charge in [0.2, 0.25) is 0 Å². The molecule has 0 aromatic carbocycles. The van der Waals surface area contributed by atoms with Gasteiger partial charge in [-0.2, -0.15) is 0 Å². The summed E-state index contributed by atoms with van der Waals surface area (Å²) in [5.74, 6) is 1.33. The number of morpholine rings is 1. The van der Waals surface area contributed by atoms with Gasteiger partial charge in [0.25, 0.3) is 0 Å². The Labute approximate surface area is 171 Å². The zero-order chi connectivity index (χ0) is 16.9. The summed E-state index contributed by atoms with van der Waals surface area (Å²) in [6.45, 7) is 10.7. The average molecular weight is 479 g/mol. The van der Waals surface area contributed by atoms with Crippen molar-refractivity contribution >= 4 is 41.3 Å². The van der Waals surface area contributed by atoms with Crippen molar-refractivity contribution in [3.05, 3.63) is 16.1 Å². The van der Waals surface area contributed by atoms with Gasteiger partial charge in [-0.15, -0.1) is 35.3 Å². The first-order valence-corrected chi connectivity index (χ1v) is 9.78. The maximum atomic E-state index is 6.16. The summed E-state index contributed by atoms with van der Waals surface area (Å²) in [5.41, 5.74) is 7.37. The zero-order valence-corrected chi connectivity index (χ0v) is 18.3. The lowest BCUT2D eigenvalue weighted by molar-refractivity contribution is 0.00525. The van der Waals surface area contributed by atoms with Gasteiger partial charge in [-0.1, -0.05) is 0 Å². The highest BCUT2D eigenvalue weighted by molar-refractivity contribution is 14.0. The number of aromatic nitrogens is 1. The molecule has 0 saturated carbocycles. The highest BCUT2D eigenvalue weighted by atomic mass is 127. The first-order valence-electron chi connectivity index (χ1n) is 8.90. The highest BCUT2D eigenvalue weighted by Crippen LogP contribution is 2.20. The molecule has 1 aromatic heterocycles. The minimum Gasteiger partial charge on any atom is -0.375 e. The Kier molecular flexibility index (Phi) is 8.37. The van der Waals surface area contributed by atoms with Crippen molar-refractivity contribution in [2.75, 3.05) is 39.3 Å². The smallest absolute Gasteiger partial charge is 0.191 e. The van der Waals surface area contributed by atoms with Crippen molar-refractivity contribution in [1.82, 2.24) is 14.8 Å². The number of piperidine rings is 1. The monoisotopic (exact) mass is 479 g/mol. The Morgan fingerprint density at radius 2 is 2.16 bits per heavy atom. The lowest BCUT2D eigenvalue weighted by atomic mass is 9.97. The van der Waals surface area contributed by atoms with E-state index in [9.17, 15) is 0 Å². The van der Waals surface area contributed by atoms with Crippen LogP contribution in [-0.2, 0) is 11.3 Å². The van der Waals surface area contributed by atoms with E-state index < -0.39 is 0 Å². The van der Waals surface area contributed by atoms with E-state index in [1.165, 1.54) is 18.5 Å². The van der Waals surface area contributed by atoms with Crippen LogP contribution in [0.4, 0.5) is 0 Å². The average Bonchev–Trinajstić information content (AvgIpc) is 2.99. The number of likely N-dealkylation sites (tertiary alicyclic amines) is 1. The van der Waals surface area contributed by atoms with Gasteiger partial charge >= 0.3 is 0 Å². The molecule has 2 fully saturated rings. The zero-order valence-electron chi connectivity index (χ0n) is 15.2. The highest BCUT2D eigenvalue weighted by Gasteiger charge is 2.21. The molecule has 3 rings (SSSR count). The van der Waals surface area contributed by atoms with Crippen LogP contribution in [0.3, 0.4) is 0 Å². The van der Waals surface area contributed by atoms with E-state index in [1.807, 2.05) is 0 Å². The number of nitrogens with two attached hydrogens (primary N) is 1. The van der Waals surface area contributed by atoms with Crippen LogP contribution < -0.4 is 5.73 Å². The number of thiazole rings is 1.